The summed E-state index contributed by atoms with van der Waals surface area (Å²) in [5.74, 6) is 0. The molecule has 0 aromatic rings. The molecule has 0 aromatic carbocycles. The van der Waals surface area contributed by atoms with Crippen molar-refractivity contribution >= 4 is 22.6 Å². The maximum absolute atomic E-state index is 4.53. The van der Waals surface area contributed by atoms with E-state index in [1.165, 1.54) is 76.5 Å². The SMILES string of the molecule is CCCN1N[Si](CCC)(CCC)[Si](CCC)(CCC)[Si](CCC)(CCC)N1CCC. The van der Waals surface area contributed by atoms with Gasteiger partial charge in [-0.3, -0.25) is 9.77 Å². The highest BCUT2D eigenvalue weighted by atomic mass is 29.6. The summed E-state index contributed by atoms with van der Waals surface area (Å²) < 4.78 is 3.11. The lowest BCUT2D eigenvalue weighted by Gasteiger charge is -2.68. The fraction of sp³-hybridized carbons (Fsp3) is 1.00. The second-order valence-corrected chi connectivity index (χ2v) is 33.1. The molecule has 0 amide bonds. The number of hydrogen-bond acceptors (Lipinski definition) is 3. The van der Waals surface area contributed by atoms with Crippen molar-refractivity contribution in [1.82, 2.24) is 14.9 Å². The molecule has 0 bridgehead atoms. The van der Waals surface area contributed by atoms with Crippen molar-refractivity contribution in [2.24, 2.45) is 0 Å². The Hall–Kier alpha value is 0.531. The monoisotopic (exact) mass is 471 g/mol. The van der Waals surface area contributed by atoms with Crippen LogP contribution in [0.15, 0.2) is 0 Å². The molecule has 180 valence electrons. The molecule has 0 atom stereocenters. The van der Waals surface area contributed by atoms with Crippen LogP contribution in [0, 0.1) is 0 Å². The van der Waals surface area contributed by atoms with Crippen molar-refractivity contribution in [1.29, 1.82) is 0 Å². The van der Waals surface area contributed by atoms with Crippen LogP contribution in [-0.2, 0) is 0 Å². The maximum Gasteiger partial charge on any atom is 0.137 e. The van der Waals surface area contributed by atoms with Crippen LogP contribution in [-0.4, -0.2) is 45.5 Å². The Labute approximate surface area is 193 Å². The summed E-state index contributed by atoms with van der Waals surface area (Å²) in [6.45, 7) is 22.3. The summed E-state index contributed by atoms with van der Waals surface area (Å²) in [5, 5.41) is 7.32. The molecule has 6 heteroatoms. The Morgan fingerprint density at radius 1 is 0.500 bits per heavy atom. The van der Waals surface area contributed by atoms with Crippen LogP contribution in [0.3, 0.4) is 0 Å². The molecule has 1 saturated heterocycles. The first-order valence-corrected chi connectivity index (χ1v) is 23.0. The van der Waals surface area contributed by atoms with Crippen LogP contribution in [0.25, 0.3) is 0 Å². The highest BCUT2D eigenvalue weighted by Crippen LogP contribution is 2.50. The zero-order chi connectivity index (χ0) is 22.7. The van der Waals surface area contributed by atoms with Gasteiger partial charge in [0, 0.05) is 13.1 Å². The second-order valence-electron chi connectivity index (χ2n) is 10.1. The minimum Gasteiger partial charge on any atom is -0.266 e. The predicted molar refractivity (Wildman–Crippen MR) is 145 cm³/mol. The first-order valence-electron chi connectivity index (χ1n) is 13.8. The van der Waals surface area contributed by atoms with Gasteiger partial charge in [0.15, 0.2) is 0 Å². The van der Waals surface area contributed by atoms with Gasteiger partial charge < -0.3 is 0 Å². The molecule has 1 fully saturated rings. The van der Waals surface area contributed by atoms with Gasteiger partial charge in [0.2, 0.25) is 0 Å². The Morgan fingerprint density at radius 3 is 1.30 bits per heavy atom. The van der Waals surface area contributed by atoms with Crippen molar-refractivity contribution in [3.05, 3.63) is 0 Å². The minimum atomic E-state index is -1.57. The van der Waals surface area contributed by atoms with E-state index in [1.54, 1.807) is 24.2 Å². The van der Waals surface area contributed by atoms with E-state index in [0.717, 1.165) is 0 Å². The molecule has 0 radical (unpaired) electrons. The topological polar surface area (TPSA) is 18.5 Å². The first kappa shape index (κ1) is 28.6. The predicted octanol–water partition coefficient (Wildman–Crippen LogP) is 7.80. The molecule has 0 aromatic heterocycles. The molecule has 1 heterocycles. The molecule has 1 N–H and O–H groups in total. The molecule has 3 nitrogen and oxygen atoms in total. The van der Waals surface area contributed by atoms with Gasteiger partial charge in [-0.25, -0.2) is 0 Å². The van der Waals surface area contributed by atoms with Gasteiger partial charge in [0.25, 0.3) is 0 Å². The van der Waals surface area contributed by atoms with Gasteiger partial charge in [0.1, 0.15) is 15.5 Å². The van der Waals surface area contributed by atoms with Crippen LogP contribution in [0.5, 0.6) is 0 Å². The lowest BCUT2D eigenvalue weighted by atomic mass is 10.5. The normalized spacial score (nSPS) is 21.2. The summed E-state index contributed by atoms with van der Waals surface area (Å²) >= 11 is 0. The zero-order valence-electron chi connectivity index (χ0n) is 22.2. The third kappa shape index (κ3) is 5.36. The van der Waals surface area contributed by atoms with Crippen molar-refractivity contribution < 1.29 is 0 Å². The third-order valence-electron chi connectivity index (χ3n) is 7.84. The second kappa shape index (κ2) is 13.9. The quantitative estimate of drug-likeness (QED) is 0.232. The molecule has 0 saturated carbocycles. The van der Waals surface area contributed by atoms with E-state index in [4.69, 9.17) is 0 Å². The van der Waals surface area contributed by atoms with E-state index < -0.39 is 22.6 Å². The average Bonchev–Trinajstić information content (AvgIpc) is 2.70. The Morgan fingerprint density at radius 2 is 0.933 bits per heavy atom. The van der Waals surface area contributed by atoms with Crippen LogP contribution in [0.2, 0.25) is 36.3 Å². The van der Waals surface area contributed by atoms with Crippen LogP contribution in [0.4, 0.5) is 0 Å². The molecular weight excluding hydrogens is 415 g/mol. The molecular formula is C24H57N3Si3. The number of rotatable bonds is 16. The summed E-state index contributed by atoms with van der Waals surface area (Å²) in [6.07, 6.45) is 11.0. The summed E-state index contributed by atoms with van der Waals surface area (Å²) in [4.78, 5) is 0. The van der Waals surface area contributed by atoms with E-state index in [-0.39, 0.29) is 0 Å². The standard InChI is InChI=1S/C24H57N3Si3/c1-9-17-26-25-28(19-11-3,20-12-4)30(23-15-7,24-16-8)29(21-13-5,22-14-6)27(26)18-10-2/h25H,9-24H2,1-8H3. The highest BCUT2D eigenvalue weighted by molar-refractivity contribution is 7.69. The van der Waals surface area contributed by atoms with Crippen LogP contribution < -0.4 is 5.09 Å². The molecule has 0 aliphatic carbocycles. The first-order chi connectivity index (χ1) is 14.5. The molecule has 1 aliphatic rings. The number of nitrogens with zero attached hydrogens (tertiary/aromatic N) is 2. The van der Waals surface area contributed by atoms with E-state index in [9.17, 15) is 0 Å². The van der Waals surface area contributed by atoms with Crippen LogP contribution >= 0.6 is 0 Å². The van der Waals surface area contributed by atoms with Crippen molar-refractivity contribution in [2.45, 2.75) is 143 Å². The van der Waals surface area contributed by atoms with Crippen LogP contribution in [0.1, 0.15) is 107 Å². The lowest BCUT2D eigenvalue weighted by Crippen LogP contribution is -2.94. The largest absolute Gasteiger partial charge is 0.266 e. The van der Waals surface area contributed by atoms with Gasteiger partial charge in [-0.05, 0) is 37.0 Å². The van der Waals surface area contributed by atoms with Crippen molar-refractivity contribution in [2.75, 3.05) is 13.1 Å². The number of nitrogens with one attached hydrogen (secondary N) is 1. The van der Waals surface area contributed by atoms with Gasteiger partial charge in [-0.15, -0.1) is 0 Å². The third-order valence-corrected chi connectivity index (χ3v) is 48.1. The highest BCUT2D eigenvalue weighted by Gasteiger charge is 2.70. The maximum atomic E-state index is 4.53. The molecule has 0 spiro atoms. The molecule has 1 aliphatic heterocycles. The molecule has 0 unspecified atom stereocenters. The van der Waals surface area contributed by atoms with Gasteiger partial charge in [-0.2, -0.15) is 5.12 Å². The van der Waals surface area contributed by atoms with E-state index in [2.05, 4.69) is 70.3 Å². The minimum absolute atomic E-state index is 1.22. The van der Waals surface area contributed by atoms with Gasteiger partial charge >= 0.3 is 0 Å². The fourth-order valence-electron chi connectivity index (χ4n) is 7.45. The number of hydrazine groups is 2. The van der Waals surface area contributed by atoms with E-state index in [0.29, 0.717) is 0 Å². The number of hydrogen-bond donors (Lipinski definition) is 1. The molecule has 1 rings (SSSR count). The van der Waals surface area contributed by atoms with E-state index >= 15 is 0 Å². The van der Waals surface area contributed by atoms with Crippen molar-refractivity contribution in [3.8, 4) is 0 Å². The molecule has 30 heavy (non-hydrogen) atoms. The lowest BCUT2D eigenvalue weighted by molar-refractivity contribution is 0.0156. The van der Waals surface area contributed by atoms with Crippen molar-refractivity contribution in [3.63, 3.8) is 0 Å². The van der Waals surface area contributed by atoms with Gasteiger partial charge in [-0.1, -0.05) is 106 Å². The fourth-order valence-corrected chi connectivity index (χ4v) is 59.0. The zero-order valence-corrected chi connectivity index (χ0v) is 25.2. The Balaban J connectivity index is 3.92. The average molecular weight is 472 g/mol. The van der Waals surface area contributed by atoms with Gasteiger partial charge in [0.05, 0.1) is 7.11 Å². The summed E-state index contributed by atoms with van der Waals surface area (Å²) in [6, 6.07) is 9.44. The van der Waals surface area contributed by atoms with E-state index in [1.807, 2.05) is 0 Å². The Kier molecular flexibility index (Phi) is 13.3. The summed E-state index contributed by atoms with van der Waals surface area (Å²) in [7, 11) is -4.56. The smallest absolute Gasteiger partial charge is 0.137 e. The summed E-state index contributed by atoms with van der Waals surface area (Å²) in [5.41, 5.74) is 0. The Bertz CT molecular complexity index is 443.